The van der Waals surface area contributed by atoms with Crippen molar-refractivity contribution in [3.05, 3.63) is 0 Å². The minimum atomic E-state index is -4.24. The van der Waals surface area contributed by atoms with Crippen molar-refractivity contribution in [2.24, 2.45) is 0 Å². The first-order chi connectivity index (χ1) is 7.72. The second kappa shape index (κ2) is 5.22. The summed E-state index contributed by atoms with van der Waals surface area (Å²) in [5.41, 5.74) is -0.361. The van der Waals surface area contributed by atoms with Crippen LogP contribution in [0.15, 0.2) is 0 Å². The first-order valence-electron chi connectivity index (χ1n) is 5.37. The maximum Gasteiger partial charge on any atom is 0.390 e. The molecule has 4 nitrogen and oxygen atoms in total. The number of nitrogens with one attached hydrogen (secondary N) is 1. The smallest absolute Gasteiger partial charge is 0.363 e. The SMILES string of the molecule is CN(CCC(F)(F)F)C(=O)COC1(C)CNC1. The van der Waals surface area contributed by atoms with E-state index in [-0.39, 0.29) is 18.8 Å². The molecule has 0 aliphatic carbocycles. The van der Waals surface area contributed by atoms with Gasteiger partial charge < -0.3 is 15.0 Å². The third-order valence-electron chi connectivity index (χ3n) is 2.70. The van der Waals surface area contributed by atoms with Crippen molar-refractivity contribution in [2.75, 3.05) is 33.3 Å². The molecular weight excluding hydrogens is 237 g/mol. The molecule has 0 saturated carbocycles. The van der Waals surface area contributed by atoms with Crippen LogP contribution in [0.1, 0.15) is 13.3 Å². The molecule has 0 aromatic heterocycles. The van der Waals surface area contributed by atoms with Gasteiger partial charge in [-0.05, 0) is 6.92 Å². The maximum atomic E-state index is 11.9. The van der Waals surface area contributed by atoms with Crippen molar-refractivity contribution in [1.82, 2.24) is 10.2 Å². The lowest BCUT2D eigenvalue weighted by atomic mass is 10.0. The lowest BCUT2D eigenvalue weighted by Gasteiger charge is -2.39. The molecule has 0 radical (unpaired) electrons. The van der Waals surface area contributed by atoms with Crippen molar-refractivity contribution in [3.63, 3.8) is 0 Å². The number of hydrogen-bond donors (Lipinski definition) is 1. The lowest BCUT2D eigenvalue weighted by Crippen LogP contribution is -2.59. The maximum absolute atomic E-state index is 11.9. The predicted molar refractivity (Wildman–Crippen MR) is 55.5 cm³/mol. The van der Waals surface area contributed by atoms with E-state index in [1.807, 2.05) is 6.92 Å². The molecule has 1 heterocycles. The van der Waals surface area contributed by atoms with Gasteiger partial charge in [0.1, 0.15) is 6.61 Å². The van der Waals surface area contributed by atoms with Gasteiger partial charge in [-0.15, -0.1) is 0 Å². The summed E-state index contributed by atoms with van der Waals surface area (Å²) in [5.74, 6) is -0.428. The summed E-state index contributed by atoms with van der Waals surface area (Å²) in [6.45, 7) is 2.67. The minimum Gasteiger partial charge on any atom is -0.363 e. The fourth-order valence-electron chi connectivity index (χ4n) is 1.34. The van der Waals surface area contributed by atoms with Crippen LogP contribution in [-0.2, 0) is 9.53 Å². The average molecular weight is 254 g/mol. The van der Waals surface area contributed by atoms with Crippen LogP contribution in [0.2, 0.25) is 0 Å². The van der Waals surface area contributed by atoms with E-state index in [1.165, 1.54) is 7.05 Å². The molecule has 100 valence electrons. The van der Waals surface area contributed by atoms with Crippen LogP contribution < -0.4 is 5.32 Å². The van der Waals surface area contributed by atoms with Gasteiger partial charge in [0.05, 0.1) is 12.0 Å². The minimum absolute atomic E-state index is 0.174. The zero-order valence-corrected chi connectivity index (χ0v) is 9.93. The van der Waals surface area contributed by atoms with E-state index in [2.05, 4.69) is 5.32 Å². The standard InChI is InChI=1S/C10H17F3N2O2/c1-9(6-14-7-9)17-5-8(16)15(2)4-3-10(11,12)13/h14H,3-7H2,1-2H3. The van der Waals surface area contributed by atoms with E-state index in [0.717, 1.165) is 4.90 Å². The number of carbonyl (C=O) groups is 1. The van der Waals surface area contributed by atoms with E-state index in [9.17, 15) is 18.0 Å². The number of ether oxygens (including phenoxy) is 1. The van der Waals surface area contributed by atoms with Gasteiger partial charge in [0.15, 0.2) is 0 Å². The second-order valence-corrected chi connectivity index (χ2v) is 4.52. The molecule has 17 heavy (non-hydrogen) atoms. The number of carbonyl (C=O) groups excluding carboxylic acids is 1. The monoisotopic (exact) mass is 254 g/mol. The normalized spacial score (nSPS) is 18.6. The number of rotatable bonds is 5. The van der Waals surface area contributed by atoms with Crippen molar-refractivity contribution < 1.29 is 22.7 Å². The fourth-order valence-corrected chi connectivity index (χ4v) is 1.34. The molecule has 1 fully saturated rings. The van der Waals surface area contributed by atoms with Crippen molar-refractivity contribution in [1.29, 1.82) is 0 Å². The van der Waals surface area contributed by atoms with Gasteiger partial charge in [0.25, 0.3) is 0 Å². The van der Waals surface area contributed by atoms with E-state index < -0.39 is 18.5 Å². The van der Waals surface area contributed by atoms with Crippen molar-refractivity contribution in [2.45, 2.75) is 25.1 Å². The van der Waals surface area contributed by atoms with Gasteiger partial charge in [-0.1, -0.05) is 0 Å². The van der Waals surface area contributed by atoms with Gasteiger partial charge >= 0.3 is 6.18 Å². The predicted octanol–water partition coefficient (Wildman–Crippen LogP) is 0.776. The van der Waals surface area contributed by atoms with Crippen LogP contribution in [0.4, 0.5) is 13.2 Å². The topological polar surface area (TPSA) is 41.6 Å². The Kier molecular flexibility index (Phi) is 4.37. The molecule has 0 unspecified atom stereocenters. The van der Waals surface area contributed by atoms with Crippen molar-refractivity contribution >= 4 is 5.91 Å². The highest BCUT2D eigenvalue weighted by atomic mass is 19.4. The number of alkyl halides is 3. The Morgan fingerprint density at radius 1 is 1.47 bits per heavy atom. The van der Waals surface area contributed by atoms with Crippen LogP contribution in [0.25, 0.3) is 0 Å². The second-order valence-electron chi connectivity index (χ2n) is 4.52. The molecule has 1 N–H and O–H groups in total. The molecule has 1 amide bonds. The van der Waals surface area contributed by atoms with Gasteiger partial charge in [0.2, 0.25) is 5.91 Å². The summed E-state index contributed by atoms with van der Waals surface area (Å²) in [4.78, 5) is 12.5. The molecule has 0 atom stereocenters. The van der Waals surface area contributed by atoms with Crippen LogP contribution in [0.5, 0.6) is 0 Å². The molecule has 1 saturated heterocycles. The van der Waals surface area contributed by atoms with Gasteiger partial charge in [-0.3, -0.25) is 4.79 Å². The van der Waals surface area contributed by atoms with Gasteiger partial charge in [-0.25, -0.2) is 0 Å². The zero-order valence-electron chi connectivity index (χ0n) is 9.93. The Balaban J connectivity index is 2.22. The summed E-state index contributed by atoms with van der Waals surface area (Å²) < 4.78 is 41.2. The van der Waals surface area contributed by atoms with Gasteiger partial charge in [0, 0.05) is 26.7 Å². The van der Waals surface area contributed by atoms with Crippen LogP contribution >= 0.6 is 0 Å². The van der Waals surface area contributed by atoms with E-state index >= 15 is 0 Å². The molecule has 1 aliphatic rings. The molecule has 0 aromatic carbocycles. The number of nitrogens with zero attached hydrogens (tertiary/aromatic N) is 1. The Bertz CT molecular complexity index is 277. The Hall–Kier alpha value is -0.820. The molecular formula is C10H17F3N2O2. The fraction of sp³-hybridized carbons (Fsp3) is 0.900. The third-order valence-corrected chi connectivity index (χ3v) is 2.70. The zero-order chi connectivity index (χ0) is 13.1. The molecule has 0 aromatic rings. The van der Waals surface area contributed by atoms with E-state index in [4.69, 9.17) is 4.74 Å². The number of halogens is 3. The van der Waals surface area contributed by atoms with Crippen LogP contribution in [0, 0.1) is 0 Å². The summed E-state index contributed by atoms with van der Waals surface area (Å²) in [6, 6.07) is 0. The van der Waals surface area contributed by atoms with Crippen LogP contribution in [-0.4, -0.2) is 55.9 Å². The van der Waals surface area contributed by atoms with E-state index in [1.54, 1.807) is 0 Å². The first-order valence-corrected chi connectivity index (χ1v) is 5.37. The molecule has 1 rings (SSSR count). The number of amides is 1. The highest BCUT2D eigenvalue weighted by molar-refractivity contribution is 5.77. The molecule has 0 spiro atoms. The molecule has 1 aliphatic heterocycles. The average Bonchev–Trinajstić information content (AvgIpc) is 2.18. The summed E-state index contributed by atoms with van der Waals surface area (Å²) >= 11 is 0. The Morgan fingerprint density at radius 3 is 2.47 bits per heavy atom. The van der Waals surface area contributed by atoms with Crippen LogP contribution in [0.3, 0.4) is 0 Å². The molecule has 7 heteroatoms. The Morgan fingerprint density at radius 2 is 2.06 bits per heavy atom. The summed E-state index contributed by atoms with van der Waals surface area (Å²) in [5, 5.41) is 3.00. The van der Waals surface area contributed by atoms with E-state index in [0.29, 0.717) is 13.1 Å². The number of likely N-dealkylation sites (N-methyl/N-ethyl adjacent to an activating group) is 1. The van der Waals surface area contributed by atoms with Gasteiger partial charge in [-0.2, -0.15) is 13.2 Å². The molecule has 0 bridgehead atoms. The Labute approximate surface area is 98.1 Å². The first kappa shape index (κ1) is 14.2. The quantitative estimate of drug-likeness (QED) is 0.788. The summed E-state index contributed by atoms with van der Waals surface area (Å²) in [7, 11) is 1.35. The number of hydrogen-bond acceptors (Lipinski definition) is 3. The van der Waals surface area contributed by atoms with Crippen molar-refractivity contribution in [3.8, 4) is 0 Å². The highest BCUT2D eigenvalue weighted by Gasteiger charge is 2.33. The lowest BCUT2D eigenvalue weighted by molar-refractivity contribution is -0.152. The third kappa shape index (κ3) is 4.91. The highest BCUT2D eigenvalue weighted by Crippen LogP contribution is 2.19. The largest absolute Gasteiger partial charge is 0.390 e. The summed E-state index contributed by atoms with van der Waals surface area (Å²) in [6.07, 6.45) is -5.23.